The molecule has 3 heterocycles. The average molecular weight is 459 g/mol. The Morgan fingerprint density at radius 1 is 1.31 bits per heavy atom. The number of aliphatic hydroxyl groups excluding tert-OH is 1. The molecule has 2 aromatic heterocycles. The van der Waals surface area contributed by atoms with E-state index in [9.17, 15) is 9.90 Å². The molecular weight excluding hydrogens is 432 g/mol. The van der Waals surface area contributed by atoms with Crippen molar-refractivity contribution in [3.05, 3.63) is 52.8 Å². The number of aromatic nitrogens is 3. The Bertz CT molecular complexity index is 1080. The summed E-state index contributed by atoms with van der Waals surface area (Å²) >= 11 is 6.15. The number of aliphatic hydroxyl groups is 1. The number of pyridine rings is 1. The van der Waals surface area contributed by atoms with Gasteiger partial charge in [-0.25, -0.2) is 9.67 Å². The van der Waals surface area contributed by atoms with Gasteiger partial charge >= 0.3 is 0 Å². The number of amides is 1. The van der Waals surface area contributed by atoms with E-state index in [-0.39, 0.29) is 24.4 Å². The van der Waals surface area contributed by atoms with Crippen LogP contribution in [0.15, 0.2) is 36.4 Å². The van der Waals surface area contributed by atoms with Crippen molar-refractivity contribution in [2.24, 2.45) is 0 Å². The molecule has 0 bridgehead atoms. The molecule has 9 heteroatoms. The number of benzene rings is 1. The number of ether oxygens (including phenoxy) is 2. The van der Waals surface area contributed by atoms with Gasteiger partial charge in [-0.1, -0.05) is 23.7 Å². The number of rotatable bonds is 7. The minimum Gasteiger partial charge on any atom is -0.497 e. The van der Waals surface area contributed by atoms with Crippen molar-refractivity contribution in [3.63, 3.8) is 0 Å². The number of hydrogen-bond donors (Lipinski definition) is 1. The number of carbonyl (C=O) groups is 1. The first-order valence-electron chi connectivity index (χ1n) is 10.7. The van der Waals surface area contributed by atoms with Crippen LogP contribution in [0.2, 0.25) is 5.15 Å². The molecule has 0 spiro atoms. The van der Waals surface area contributed by atoms with Crippen LogP contribution in [0.4, 0.5) is 0 Å². The number of nitrogens with zero attached hydrogens (tertiary/aromatic N) is 4. The zero-order valence-corrected chi connectivity index (χ0v) is 19.0. The van der Waals surface area contributed by atoms with Gasteiger partial charge in [0.1, 0.15) is 10.9 Å². The van der Waals surface area contributed by atoms with Crippen LogP contribution in [-0.4, -0.2) is 57.0 Å². The molecule has 32 heavy (non-hydrogen) atoms. The third-order valence-electron chi connectivity index (χ3n) is 5.46. The fourth-order valence-corrected chi connectivity index (χ4v) is 4.05. The lowest BCUT2D eigenvalue weighted by Crippen LogP contribution is -2.36. The van der Waals surface area contributed by atoms with E-state index in [1.54, 1.807) is 35.7 Å². The zero-order chi connectivity index (χ0) is 22.7. The average Bonchev–Trinajstić information content (AvgIpc) is 3.17. The van der Waals surface area contributed by atoms with Crippen LogP contribution in [0.25, 0.3) is 11.0 Å². The van der Waals surface area contributed by atoms with Crippen LogP contribution >= 0.6 is 11.6 Å². The third kappa shape index (κ3) is 4.87. The maximum atomic E-state index is 13.6. The van der Waals surface area contributed by atoms with Crippen LogP contribution in [-0.2, 0) is 11.3 Å². The highest BCUT2D eigenvalue weighted by atomic mass is 35.5. The Labute approximate surface area is 191 Å². The van der Waals surface area contributed by atoms with Gasteiger partial charge in [0.05, 0.1) is 18.6 Å². The van der Waals surface area contributed by atoms with Crippen molar-refractivity contribution in [1.82, 2.24) is 19.7 Å². The lowest BCUT2D eigenvalue weighted by atomic mass is 10.1. The molecule has 0 saturated carbocycles. The van der Waals surface area contributed by atoms with E-state index in [4.69, 9.17) is 21.1 Å². The Morgan fingerprint density at radius 3 is 2.75 bits per heavy atom. The molecule has 2 atom stereocenters. The fourth-order valence-electron chi connectivity index (χ4n) is 3.91. The maximum absolute atomic E-state index is 13.6. The van der Waals surface area contributed by atoms with Gasteiger partial charge in [-0.3, -0.25) is 4.79 Å². The predicted molar refractivity (Wildman–Crippen MR) is 121 cm³/mol. The Hall–Kier alpha value is -2.68. The summed E-state index contributed by atoms with van der Waals surface area (Å²) in [4.78, 5) is 19.6. The molecule has 8 nitrogen and oxygen atoms in total. The second-order valence-electron chi connectivity index (χ2n) is 8.00. The van der Waals surface area contributed by atoms with Gasteiger partial charge in [-0.05, 0) is 56.0 Å². The molecule has 1 saturated heterocycles. The van der Waals surface area contributed by atoms with Crippen LogP contribution < -0.4 is 4.74 Å². The van der Waals surface area contributed by atoms with E-state index < -0.39 is 6.10 Å². The summed E-state index contributed by atoms with van der Waals surface area (Å²) in [6, 6.07) is 10.9. The summed E-state index contributed by atoms with van der Waals surface area (Å²) in [5, 5.41) is 15.6. The summed E-state index contributed by atoms with van der Waals surface area (Å²) in [6.07, 6.45) is 1.83. The van der Waals surface area contributed by atoms with Gasteiger partial charge in [-0.2, -0.15) is 5.10 Å². The highest BCUT2D eigenvalue weighted by molar-refractivity contribution is 6.29. The minimum atomic E-state index is -0.695. The van der Waals surface area contributed by atoms with E-state index in [2.05, 4.69) is 10.1 Å². The number of hydrogen-bond acceptors (Lipinski definition) is 6. The second-order valence-corrected chi connectivity index (χ2v) is 8.39. The smallest absolute Gasteiger partial charge is 0.275 e. The molecule has 170 valence electrons. The summed E-state index contributed by atoms with van der Waals surface area (Å²) in [7, 11) is 1.61. The van der Waals surface area contributed by atoms with Gasteiger partial charge in [0, 0.05) is 19.7 Å². The number of fused-ring (bicyclic) bond motifs is 1. The first kappa shape index (κ1) is 22.5. The topological polar surface area (TPSA) is 89.7 Å². The largest absolute Gasteiger partial charge is 0.497 e. The van der Waals surface area contributed by atoms with Gasteiger partial charge in [-0.15, -0.1) is 0 Å². The van der Waals surface area contributed by atoms with Crippen LogP contribution in [0, 0.1) is 0 Å². The van der Waals surface area contributed by atoms with E-state index >= 15 is 0 Å². The van der Waals surface area contributed by atoms with E-state index in [1.807, 2.05) is 24.3 Å². The van der Waals surface area contributed by atoms with E-state index in [1.165, 1.54) is 0 Å². The first-order chi connectivity index (χ1) is 15.5. The molecule has 0 aliphatic carbocycles. The molecule has 1 amide bonds. The number of halogens is 1. The Kier molecular flexibility index (Phi) is 6.93. The van der Waals surface area contributed by atoms with E-state index in [0.717, 1.165) is 30.6 Å². The standard InChI is InChI=1S/C23H27ClN4O4/c1-15(29)13-27(14-16-6-8-17(31-2)9-7-16)23(30)21-18-10-11-19(24)25-22(18)28(26-21)20-5-3-4-12-32-20/h6-11,15,20,29H,3-5,12-14H2,1-2H3/t15-,20?/m0/s1. The van der Waals surface area contributed by atoms with Gasteiger partial charge in [0.15, 0.2) is 17.6 Å². The normalized spacial score (nSPS) is 17.3. The highest BCUT2D eigenvalue weighted by Gasteiger charge is 2.28. The molecular formula is C23H27ClN4O4. The lowest BCUT2D eigenvalue weighted by molar-refractivity contribution is -0.0372. The molecule has 1 fully saturated rings. The molecule has 4 rings (SSSR count). The van der Waals surface area contributed by atoms with Crippen molar-refractivity contribution in [1.29, 1.82) is 0 Å². The number of methoxy groups -OCH3 is 1. The van der Waals surface area contributed by atoms with Crippen LogP contribution in [0.1, 0.15) is 48.5 Å². The molecule has 1 unspecified atom stereocenters. The summed E-state index contributed by atoms with van der Waals surface area (Å²) in [5.41, 5.74) is 1.71. The quantitative estimate of drug-likeness (QED) is 0.541. The van der Waals surface area contributed by atoms with Gasteiger partial charge < -0.3 is 19.5 Å². The Morgan fingerprint density at radius 2 is 2.09 bits per heavy atom. The molecule has 1 aliphatic heterocycles. The monoisotopic (exact) mass is 458 g/mol. The molecule has 0 radical (unpaired) electrons. The predicted octanol–water partition coefficient (Wildman–Crippen LogP) is 3.82. The number of carbonyl (C=O) groups excluding carboxylic acids is 1. The Balaban J connectivity index is 1.70. The van der Waals surface area contributed by atoms with Crippen LogP contribution in [0.5, 0.6) is 5.75 Å². The van der Waals surface area contributed by atoms with Gasteiger partial charge in [0.2, 0.25) is 0 Å². The van der Waals surface area contributed by atoms with Gasteiger partial charge in [0.25, 0.3) is 5.91 Å². The van der Waals surface area contributed by atoms with E-state index in [0.29, 0.717) is 29.3 Å². The minimum absolute atomic E-state index is 0.167. The molecule has 1 aromatic carbocycles. The summed E-state index contributed by atoms with van der Waals surface area (Å²) < 4.78 is 12.8. The molecule has 1 aliphatic rings. The fraction of sp³-hybridized carbons (Fsp3) is 0.435. The second kappa shape index (κ2) is 9.85. The third-order valence-corrected chi connectivity index (χ3v) is 5.67. The van der Waals surface area contributed by atoms with Crippen LogP contribution in [0.3, 0.4) is 0 Å². The SMILES string of the molecule is COc1ccc(CN(C[C@H](C)O)C(=O)c2nn(C3CCCCO3)c3nc(Cl)ccc23)cc1. The molecule has 1 N–H and O–H groups in total. The van der Waals surface area contributed by atoms with Crippen molar-refractivity contribution < 1.29 is 19.4 Å². The lowest BCUT2D eigenvalue weighted by Gasteiger charge is -2.24. The van der Waals surface area contributed by atoms with Crippen molar-refractivity contribution >= 4 is 28.5 Å². The van der Waals surface area contributed by atoms with Crippen molar-refractivity contribution in [2.45, 2.75) is 45.1 Å². The summed E-state index contributed by atoms with van der Waals surface area (Å²) in [6.45, 7) is 2.78. The maximum Gasteiger partial charge on any atom is 0.275 e. The highest BCUT2D eigenvalue weighted by Crippen LogP contribution is 2.29. The van der Waals surface area contributed by atoms with Crippen molar-refractivity contribution in [2.75, 3.05) is 20.3 Å². The van der Waals surface area contributed by atoms with Crippen molar-refractivity contribution in [3.8, 4) is 5.75 Å². The molecule has 3 aromatic rings. The summed E-state index contributed by atoms with van der Waals surface area (Å²) in [5.74, 6) is 0.452. The first-order valence-corrected chi connectivity index (χ1v) is 11.1. The zero-order valence-electron chi connectivity index (χ0n) is 18.2.